The van der Waals surface area contributed by atoms with Gasteiger partial charge in [0.25, 0.3) is 0 Å². The Kier molecular flexibility index (Phi) is 8.21. The summed E-state index contributed by atoms with van der Waals surface area (Å²) in [5.41, 5.74) is 10.5. The third-order valence-corrected chi connectivity index (χ3v) is 8.45. The van der Waals surface area contributed by atoms with E-state index < -0.39 is 0 Å². The fraction of sp³-hybridized carbons (Fsp3) is 0. The molecule has 0 saturated carbocycles. The van der Waals surface area contributed by atoms with Crippen molar-refractivity contribution < 1.29 is 4.42 Å². The summed E-state index contributed by atoms with van der Waals surface area (Å²) < 4.78 is 6.05. The summed E-state index contributed by atoms with van der Waals surface area (Å²) in [4.78, 5) is 4.53. The zero-order valence-electron chi connectivity index (χ0n) is 26.7. The average molecular weight is 633 g/mol. The summed E-state index contributed by atoms with van der Waals surface area (Å²) in [6.45, 7) is 0. The van der Waals surface area contributed by atoms with Crippen molar-refractivity contribution in [1.82, 2.24) is 10.2 Å². The predicted molar refractivity (Wildman–Crippen MR) is 200 cm³/mol. The molecule has 1 aromatic heterocycles. The fourth-order valence-electron chi connectivity index (χ4n) is 6.02. The lowest BCUT2D eigenvalue weighted by atomic mass is 10.0. The second-order valence-electron chi connectivity index (χ2n) is 11.6. The Morgan fingerprint density at radius 2 is 0.531 bits per heavy atom. The molecule has 0 saturated heterocycles. The highest BCUT2D eigenvalue weighted by Crippen LogP contribution is 2.40. The van der Waals surface area contributed by atoms with E-state index in [0.29, 0.717) is 11.8 Å². The van der Waals surface area contributed by atoms with Crippen LogP contribution in [0.4, 0.5) is 34.1 Å². The minimum Gasteiger partial charge on any atom is -0.416 e. The van der Waals surface area contributed by atoms with Gasteiger partial charge in [0, 0.05) is 45.3 Å². The second kappa shape index (κ2) is 13.6. The number of rotatable bonds is 9. The minimum absolute atomic E-state index is 0.482. The smallest absolute Gasteiger partial charge is 0.248 e. The largest absolute Gasteiger partial charge is 0.416 e. The molecule has 0 aliphatic heterocycles. The van der Waals surface area contributed by atoms with E-state index in [4.69, 9.17) is 4.42 Å². The molecule has 1 heterocycles. The van der Waals surface area contributed by atoms with Crippen LogP contribution in [0.5, 0.6) is 0 Å². The summed E-state index contributed by atoms with van der Waals surface area (Å²) in [7, 11) is 0. The van der Waals surface area contributed by atoms with Crippen LogP contribution in [0.15, 0.2) is 199 Å². The molecule has 0 unspecified atom stereocenters. The lowest BCUT2D eigenvalue weighted by molar-refractivity contribution is 0.584. The number of benzene rings is 7. The quantitative estimate of drug-likeness (QED) is 0.158. The molecule has 0 fully saturated rings. The van der Waals surface area contributed by atoms with Gasteiger partial charge in [0.05, 0.1) is 0 Å². The van der Waals surface area contributed by atoms with Crippen molar-refractivity contribution in [3.05, 3.63) is 194 Å². The van der Waals surface area contributed by atoms with E-state index in [-0.39, 0.29) is 0 Å². The molecule has 234 valence electrons. The van der Waals surface area contributed by atoms with E-state index in [1.807, 2.05) is 60.7 Å². The van der Waals surface area contributed by atoms with Gasteiger partial charge in [0.1, 0.15) is 0 Å². The van der Waals surface area contributed by atoms with Crippen LogP contribution < -0.4 is 9.80 Å². The number of hydrogen-bond donors (Lipinski definition) is 0. The summed E-state index contributed by atoms with van der Waals surface area (Å²) in [5.74, 6) is 0.982. The van der Waals surface area contributed by atoms with E-state index in [1.165, 1.54) is 11.1 Å². The number of aromatic nitrogens is 2. The third-order valence-electron chi connectivity index (χ3n) is 8.45. The lowest BCUT2D eigenvalue weighted by Gasteiger charge is -2.28. The van der Waals surface area contributed by atoms with Gasteiger partial charge in [-0.2, -0.15) is 0 Å². The average Bonchev–Trinajstić information content (AvgIpc) is 3.69. The van der Waals surface area contributed by atoms with Gasteiger partial charge in [0.2, 0.25) is 11.8 Å². The van der Waals surface area contributed by atoms with Gasteiger partial charge in [-0.25, -0.2) is 0 Å². The molecule has 49 heavy (non-hydrogen) atoms. The highest BCUT2D eigenvalue weighted by Gasteiger charge is 2.17. The van der Waals surface area contributed by atoms with Crippen LogP contribution in [0.3, 0.4) is 0 Å². The maximum absolute atomic E-state index is 6.05. The zero-order chi connectivity index (χ0) is 32.8. The topological polar surface area (TPSA) is 45.4 Å². The van der Waals surface area contributed by atoms with Crippen LogP contribution in [0.2, 0.25) is 0 Å². The number of hydrogen-bond acceptors (Lipinski definition) is 5. The Balaban J connectivity index is 1.16. The molecule has 5 heteroatoms. The molecule has 0 atom stereocenters. The number of nitrogens with zero attached hydrogens (tertiary/aromatic N) is 4. The summed E-state index contributed by atoms with van der Waals surface area (Å²) in [6, 6.07) is 66.9. The van der Waals surface area contributed by atoms with Gasteiger partial charge in [0.15, 0.2) is 0 Å². The van der Waals surface area contributed by atoms with Crippen molar-refractivity contribution >= 4 is 34.1 Å². The molecule has 7 aromatic carbocycles. The summed E-state index contributed by atoms with van der Waals surface area (Å²) >= 11 is 0. The molecule has 0 amide bonds. The molecule has 0 radical (unpaired) electrons. The Hall–Kier alpha value is -6.72. The van der Waals surface area contributed by atoms with Crippen molar-refractivity contribution in [1.29, 1.82) is 0 Å². The van der Waals surface area contributed by atoms with Crippen LogP contribution in [0.25, 0.3) is 34.0 Å². The Bertz CT molecular complexity index is 2200. The summed E-state index contributed by atoms with van der Waals surface area (Å²) in [6.07, 6.45) is 0. The van der Waals surface area contributed by atoms with Crippen LogP contribution >= 0.6 is 0 Å². The molecule has 0 N–H and O–H groups in total. The zero-order valence-corrected chi connectivity index (χ0v) is 26.7. The van der Waals surface area contributed by atoms with Crippen LogP contribution in [-0.2, 0) is 0 Å². The maximum Gasteiger partial charge on any atom is 0.248 e. The van der Waals surface area contributed by atoms with E-state index in [9.17, 15) is 0 Å². The van der Waals surface area contributed by atoms with Gasteiger partial charge in [-0.1, -0.05) is 97.1 Å². The van der Waals surface area contributed by atoms with Crippen molar-refractivity contribution in [2.24, 2.45) is 0 Å². The standard InChI is InChI=1S/C44H32N4O/c1-5-13-33(14-6-1)34-21-25-39(26-22-34)48(40-27-23-36(24-28-40)44-46-45-43(49-44)35-15-7-2-8-16-35)42-31-29-41(30-32-42)47(37-17-9-3-10-18-37)38-19-11-4-12-20-38/h1-32H. The first-order valence-corrected chi connectivity index (χ1v) is 16.3. The Labute approximate surface area is 286 Å². The lowest BCUT2D eigenvalue weighted by Crippen LogP contribution is -2.12. The van der Waals surface area contributed by atoms with E-state index in [0.717, 1.165) is 45.3 Å². The normalized spacial score (nSPS) is 10.9. The Morgan fingerprint density at radius 1 is 0.265 bits per heavy atom. The molecule has 8 rings (SSSR count). The van der Waals surface area contributed by atoms with E-state index >= 15 is 0 Å². The van der Waals surface area contributed by atoms with Crippen molar-refractivity contribution in [3.63, 3.8) is 0 Å². The number of para-hydroxylation sites is 2. The minimum atomic E-state index is 0.482. The highest BCUT2D eigenvalue weighted by molar-refractivity contribution is 5.82. The number of anilines is 6. The van der Waals surface area contributed by atoms with Gasteiger partial charge in [-0.05, 0) is 108 Å². The first kappa shape index (κ1) is 29.7. The SMILES string of the molecule is c1ccc(-c2ccc(N(c3ccc(-c4nnc(-c5ccccc5)o4)cc3)c3ccc(N(c4ccccc4)c4ccccc4)cc3)cc2)cc1. The fourth-order valence-corrected chi connectivity index (χ4v) is 6.02. The van der Waals surface area contributed by atoms with E-state index in [2.05, 4.69) is 153 Å². The first-order chi connectivity index (χ1) is 24.3. The molecule has 0 bridgehead atoms. The second-order valence-corrected chi connectivity index (χ2v) is 11.6. The van der Waals surface area contributed by atoms with Gasteiger partial charge in [-0.15, -0.1) is 10.2 Å². The van der Waals surface area contributed by atoms with E-state index in [1.54, 1.807) is 0 Å². The predicted octanol–water partition coefficient (Wildman–Crippen LogP) is 12.0. The van der Waals surface area contributed by atoms with Gasteiger partial charge in [-0.3, -0.25) is 0 Å². The van der Waals surface area contributed by atoms with Crippen LogP contribution in [0.1, 0.15) is 0 Å². The van der Waals surface area contributed by atoms with Crippen molar-refractivity contribution in [3.8, 4) is 34.0 Å². The van der Waals surface area contributed by atoms with Crippen molar-refractivity contribution in [2.45, 2.75) is 0 Å². The van der Waals surface area contributed by atoms with Crippen LogP contribution in [-0.4, -0.2) is 10.2 Å². The van der Waals surface area contributed by atoms with Gasteiger partial charge >= 0.3 is 0 Å². The monoisotopic (exact) mass is 632 g/mol. The third kappa shape index (κ3) is 6.33. The highest BCUT2D eigenvalue weighted by atomic mass is 16.4. The maximum atomic E-state index is 6.05. The molecular weight excluding hydrogens is 601 g/mol. The molecule has 8 aromatic rings. The molecule has 0 spiro atoms. The van der Waals surface area contributed by atoms with Crippen LogP contribution in [0, 0.1) is 0 Å². The van der Waals surface area contributed by atoms with Crippen molar-refractivity contribution in [2.75, 3.05) is 9.80 Å². The molecular formula is C44H32N4O. The summed E-state index contributed by atoms with van der Waals surface area (Å²) in [5, 5.41) is 8.62. The molecule has 0 aliphatic carbocycles. The molecule has 5 nitrogen and oxygen atoms in total. The molecule has 0 aliphatic rings. The first-order valence-electron chi connectivity index (χ1n) is 16.3. The van der Waals surface area contributed by atoms with Gasteiger partial charge < -0.3 is 14.2 Å². The Morgan fingerprint density at radius 3 is 0.939 bits per heavy atom.